The summed E-state index contributed by atoms with van der Waals surface area (Å²) in [6.45, 7) is 0.648. The van der Waals surface area contributed by atoms with Crippen LogP contribution in [0.4, 0.5) is 4.39 Å². The summed E-state index contributed by atoms with van der Waals surface area (Å²) in [5.74, 6) is 0.619. The minimum absolute atomic E-state index is 0.000225. The predicted octanol–water partition coefficient (Wildman–Crippen LogP) is 6.55. The van der Waals surface area contributed by atoms with Gasteiger partial charge in [0.15, 0.2) is 11.6 Å². The molecule has 1 fully saturated rings. The number of carbonyl (C=O) groups is 1. The lowest BCUT2D eigenvalue weighted by Crippen LogP contribution is -2.41. The van der Waals surface area contributed by atoms with Crippen molar-refractivity contribution in [1.82, 2.24) is 24.6 Å². The molecule has 4 aromatic rings. The van der Waals surface area contributed by atoms with Crippen LogP contribution in [0.1, 0.15) is 36.0 Å². The summed E-state index contributed by atoms with van der Waals surface area (Å²) in [5, 5.41) is 5.31. The number of hydrogen-bond donors (Lipinski definition) is 0. The van der Waals surface area contributed by atoms with E-state index in [2.05, 4.69) is 4.98 Å². The van der Waals surface area contributed by atoms with Crippen molar-refractivity contribution in [3.63, 3.8) is 0 Å². The van der Waals surface area contributed by atoms with E-state index in [9.17, 15) is 9.18 Å². The second-order valence-corrected chi connectivity index (χ2v) is 9.92. The lowest BCUT2D eigenvalue weighted by molar-refractivity contribution is 0.0667. The molecule has 0 atom stereocenters. The normalized spacial score (nSPS) is 13.6. The molecule has 0 N–H and O–H groups in total. The second-order valence-electron chi connectivity index (χ2n) is 9.10. The molecule has 0 saturated heterocycles. The average molecular weight is 554 g/mol. The van der Waals surface area contributed by atoms with Gasteiger partial charge in [-0.25, -0.2) is 14.1 Å². The van der Waals surface area contributed by atoms with Crippen LogP contribution in [0, 0.1) is 5.82 Å². The number of halogens is 3. The molecule has 0 aliphatic heterocycles. The van der Waals surface area contributed by atoms with Gasteiger partial charge in [0.25, 0.3) is 5.91 Å². The van der Waals surface area contributed by atoms with Crippen LogP contribution in [0.5, 0.6) is 5.75 Å². The van der Waals surface area contributed by atoms with Gasteiger partial charge in [-0.1, -0.05) is 42.1 Å². The SMILES string of the molecule is COc1ccc(-c2nc(-c3ccncc3)nn2CCN(C(=O)c2c(F)cccc2Cl)C2CCCC2)cc1Cl. The van der Waals surface area contributed by atoms with Crippen LogP contribution in [0.2, 0.25) is 10.0 Å². The molecule has 5 rings (SSSR count). The fraction of sp³-hybridized carbons (Fsp3) is 0.286. The van der Waals surface area contributed by atoms with Gasteiger partial charge in [0.05, 0.1) is 29.3 Å². The largest absolute Gasteiger partial charge is 0.495 e. The summed E-state index contributed by atoms with van der Waals surface area (Å²) in [5.41, 5.74) is 1.46. The lowest BCUT2D eigenvalue weighted by Gasteiger charge is -2.29. The highest BCUT2D eigenvalue weighted by Crippen LogP contribution is 2.32. The van der Waals surface area contributed by atoms with Crippen molar-refractivity contribution in [1.29, 1.82) is 0 Å². The Morgan fingerprint density at radius 1 is 1.08 bits per heavy atom. The van der Waals surface area contributed by atoms with Crippen LogP contribution in [-0.4, -0.2) is 50.3 Å². The topological polar surface area (TPSA) is 73.1 Å². The zero-order valence-corrected chi connectivity index (χ0v) is 22.3. The van der Waals surface area contributed by atoms with Gasteiger partial charge in [-0.2, -0.15) is 5.10 Å². The van der Waals surface area contributed by atoms with Crippen LogP contribution in [0.15, 0.2) is 60.9 Å². The molecule has 1 saturated carbocycles. The molecule has 2 aromatic carbocycles. The Bertz CT molecular complexity index is 1420. The van der Waals surface area contributed by atoms with E-state index in [0.717, 1.165) is 36.8 Å². The summed E-state index contributed by atoms with van der Waals surface area (Å²) < 4.78 is 21.8. The standard InChI is InChI=1S/C28H26Cl2FN5O2/c1-38-24-10-9-19(17-22(24)30)27-33-26(18-11-13-32-14-12-18)34-36(27)16-15-35(20-5-2-3-6-20)28(37)25-21(29)7-4-8-23(25)31/h4,7-14,17,20H,2-3,5-6,15-16H2,1H3. The third kappa shape index (κ3) is 5.37. The molecule has 1 aliphatic rings. The molecule has 2 aromatic heterocycles. The Morgan fingerprint density at radius 2 is 1.84 bits per heavy atom. The van der Waals surface area contributed by atoms with Gasteiger partial charge in [-0.05, 0) is 55.3 Å². The van der Waals surface area contributed by atoms with Crippen molar-refractivity contribution in [2.45, 2.75) is 38.3 Å². The maximum atomic E-state index is 14.7. The van der Waals surface area contributed by atoms with E-state index >= 15 is 0 Å². The number of ether oxygens (including phenoxy) is 1. The third-order valence-corrected chi connectivity index (χ3v) is 7.39. The molecule has 38 heavy (non-hydrogen) atoms. The van der Waals surface area contributed by atoms with Gasteiger partial charge in [-0.15, -0.1) is 0 Å². The van der Waals surface area contributed by atoms with E-state index < -0.39 is 11.7 Å². The van der Waals surface area contributed by atoms with E-state index in [1.165, 1.54) is 18.2 Å². The highest BCUT2D eigenvalue weighted by molar-refractivity contribution is 6.34. The monoisotopic (exact) mass is 553 g/mol. The number of nitrogens with zero attached hydrogens (tertiary/aromatic N) is 5. The summed E-state index contributed by atoms with van der Waals surface area (Å²) in [6.07, 6.45) is 7.11. The maximum absolute atomic E-state index is 14.7. The number of hydrogen-bond acceptors (Lipinski definition) is 5. The molecule has 0 bridgehead atoms. The Labute approximate surface area is 230 Å². The van der Waals surface area contributed by atoms with Crippen molar-refractivity contribution in [2.75, 3.05) is 13.7 Å². The summed E-state index contributed by atoms with van der Waals surface area (Å²) >= 11 is 12.7. The lowest BCUT2D eigenvalue weighted by atomic mass is 10.1. The number of aromatic nitrogens is 4. The van der Waals surface area contributed by atoms with Gasteiger partial charge in [0, 0.05) is 36.1 Å². The number of benzene rings is 2. The summed E-state index contributed by atoms with van der Waals surface area (Å²) in [7, 11) is 1.56. The van der Waals surface area contributed by atoms with Crippen molar-refractivity contribution < 1.29 is 13.9 Å². The van der Waals surface area contributed by atoms with Gasteiger partial charge in [0.2, 0.25) is 0 Å². The molecule has 2 heterocycles. The fourth-order valence-electron chi connectivity index (χ4n) is 4.85. The number of methoxy groups -OCH3 is 1. The first-order valence-corrected chi connectivity index (χ1v) is 13.2. The van der Waals surface area contributed by atoms with Crippen LogP contribution >= 0.6 is 23.2 Å². The zero-order valence-electron chi connectivity index (χ0n) is 20.8. The maximum Gasteiger partial charge on any atom is 0.258 e. The average Bonchev–Trinajstić information content (AvgIpc) is 3.60. The molecular formula is C28H26Cl2FN5O2. The molecule has 10 heteroatoms. The molecular weight excluding hydrogens is 528 g/mol. The number of pyridine rings is 1. The van der Waals surface area contributed by atoms with Crippen LogP contribution in [-0.2, 0) is 6.54 Å². The Hall–Kier alpha value is -3.49. The van der Waals surface area contributed by atoms with Crippen molar-refractivity contribution >= 4 is 29.1 Å². The highest BCUT2D eigenvalue weighted by atomic mass is 35.5. The van der Waals surface area contributed by atoms with Crippen LogP contribution in [0.25, 0.3) is 22.8 Å². The van der Waals surface area contributed by atoms with Crippen LogP contribution < -0.4 is 4.74 Å². The minimum Gasteiger partial charge on any atom is -0.495 e. The van der Waals surface area contributed by atoms with Gasteiger partial charge in [-0.3, -0.25) is 9.78 Å². The quantitative estimate of drug-likeness (QED) is 0.247. The fourth-order valence-corrected chi connectivity index (χ4v) is 5.36. The predicted molar refractivity (Wildman–Crippen MR) is 145 cm³/mol. The number of amides is 1. The van der Waals surface area contributed by atoms with Crippen molar-refractivity contribution in [3.8, 4) is 28.5 Å². The van der Waals surface area contributed by atoms with E-state index in [-0.39, 0.29) is 16.6 Å². The van der Waals surface area contributed by atoms with Gasteiger partial charge >= 0.3 is 0 Å². The molecule has 0 radical (unpaired) electrons. The third-order valence-electron chi connectivity index (χ3n) is 6.78. The molecule has 0 unspecified atom stereocenters. The molecule has 0 spiro atoms. The van der Waals surface area contributed by atoms with Crippen molar-refractivity contribution in [3.05, 3.63) is 82.4 Å². The minimum atomic E-state index is -0.625. The molecule has 196 valence electrons. The zero-order chi connectivity index (χ0) is 26.6. The Balaban J connectivity index is 1.50. The highest BCUT2D eigenvalue weighted by Gasteiger charge is 2.30. The summed E-state index contributed by atoms with van der Waals surface area (Å²) in [6, 6.07) is 13.4. The van der Waals surface area contributed by atoms with Gasteiger partial charge in [0.1, 0.15) is 11.6 Å². The smallest absolute Gasteiger partial charge is 0.258 e. The van der Waals surface area contributed by atoms with E-state index in [1.807, 2.05) is 18.2 Å². The number of carbonyl (C=O) groups excluding carboxylic acids is 1. The summed E-state index contributed by atoms with van der Waals surface area (Å²) in [4.78, 5) is 24.2. The molecule has 1 amide bonds. The van der Waals surface area contributed by atoms with E-state index in [0.29, 0.717) is 35.5 Å². The first-order valence-electron chi connectivity index (χ1n) is 12.4. The first kappa shape index (κ1) is 26.1. The molecule has 1 aliphatic carbocycles. The van der Waals surface area contributed by atoms with Gasteiger partial charge < -0.3 is 9.64 Å². The number of rotatable bonds is 8. The Morgan fingerprint density at radius 3 is 2.53 bits per heavy atom. The van der Waals surface area contributed by atoms with E-state index in [4.69, 9.17) is 38.0 Å². The Kier molecular flexibility index (Phi) is 7.90. The van der Waals surface area contributed by atoms with Crippen LogP contribution in [0.3, 0.4) is 0 Å². The second kappa shape index (κ2) is 11.5. The van der Waals surface area contributed by atoms with Crippen molar-refractivity contribution in [2.24, 2.45) is 0 Å². The first-order chi connectivity index (χ1) is 18.5. The van der Waals surface area contributed by atoms with E-state index in [1.54, 1.807) is 41.2 Å². The molecule has 7 nitrogen and oxygen atoms in total.